The van der Waals surface area contributed by atoms with Crippen molar-refractivity contribution in [3.8, 4) is 11.1 Å². The van der Waals surface area contributed by atoms with Gasteiger partial charge in [0.05, 0.1) is 4.92 Å². The molecule has 1 aromatic carbocycles. The molecule has 2 N–H and O–H groups in total. The Labute approximate surface area is 164 Å². The third kappa shape index (κ3) is 3.55. The van der Waals surface area contributed by atoms with Gasteiger partial charge >= 0.3 is 0 Å². The van der Waals surface area contributed by atoms with Crippen LogP contribution in [0.4, 0.5) is 11.5 Å². The molecule has 1 fully saturated rings. The maximum Gasteiger partial charge on any atom is 0.269 e. The van der Waals surface area contributed by atoms with Crippen molar-refractivity contribution in [1.82, 2.24) is 4.98 Å². The average molecular weight is 381 g/mol. The molecule has 1 saturated carbocycles. The highest BCUT2D eigenvalue weighted by Crippen LogP contribution is 2.43. The molecule has 2 aliphatic carbocycles. The minimum Gasteiger partial charge on any atom is -0.368 e. The van der Waals surface area contributed by atoms with E-state index in [4.69, 9.17) is 0 Å². The molecular formula is C22H27N3O3. The number of H-pyrrole nitrogens is 1. The van der Waals surface area contributed by atoms with Gasteiger partial charge in [-0.25, -0.2) is 0 Å². The Morgan fingerprint density at radius 3 is 2.39 bits per heavy atom. The van der Waals surface area contributed by atoms with Gasteiger partial charge in [0.1, 0.15) is 5.82 Å². The normalized spacial score (nSPS) is 19.3. The van der Waals surface area contributed by atoms with E-state index in [0.717, 1.165) is 47.5 Å². The third-order valence-corrected chi connectivity index (χ3v) is 5.97. The van der Waals surface area contributed by atoms with E-state index in [1.54, 1.807) is 12.1 Å². The van der Waals surface area contributed by atoms with Crippen LogP contribution in [0.5, 0.6) is 0 Å². The summed E-state index contributed by atoms with van der Waals surface area (Å²) in [5, 5.41) is 14.7. The Morgan fingerprint density at radius 2 is 1.75 bits per heavy atom. The molecule has 0 unspecified atom stereocenters. The third-order valence-electron chi connectivity index (χ3n) is 5.97. The van der Waals surface area contributed by atoms with Crippen LogP contribution in [-0.4, -0.2) is 21.7 Å². The van der Waals surface area contributed by atoms with Crippen LogP contribution in [0.15, 0.2) is 24.3 Å². The molecule has 2 aromatic rings. The monoisotopic (exact) mass is 381 g/mol. The van der Waals surface area contributed by atoms with Crippen molar-refractivity contribution in [2.45, 2.75) is 64.8 Å². The van der Waals surface area contributed by atoms with Crippen molar-refractivity contribution in [2.75, 3.05) is 5.32 Å². The number of non-ortho nitro benzene ring substituents is 1. The number of Topliss-reactive ketones (excluding diaryl/α,β-unsaturated/α-hetero) is 1. The highest BCUT2D eigenvalue weighted by atomic mass is 16.6. The Bertz CT molecular complexity index is 906. The van der Waals surface area contributed by atoms with E-state index in [9.17, 15) is 14.9 Å². The fourth-order valence-electron chi connectivity index (χ4n) is 4.65. The summed E-state index contributed by atoms with van der Waals surface area (Å²) in [4.78, 5) is 27.1. The molecular weight excluding hydrogens is 354 g/mol. The second kappa shape index (κ2) is 7.08. The van der Waals surface area contributed by atoms with Gasteiger partial charge in [-0.1, -0.05) is 33.1 Å². The number of nitro benzene ring substituents is 1. The highest BCUT2D eigenvalue weighted by molar-refractivity contribution is 6.07. The zero-order valence-corrected chi connectivity index (χ0v) is 16.5. The molecule has 28 heavy (non-hydrogen) atoms. The first-order chi connectivity index (χ1) is 13.3. The molecule has 4 rings (SSSR count). The number of hydrogen-bond acceptors (Lipinski definition) is 4. The fraction of sp³-hybridized carbons (Fsp3) is 0.500. The second-order valence-corrected chi connectivity index (χ2v) is 8.95. The Morgan fingerprint density at radius 1 is 1.07 bits per heavy atom. The van der Waals surface area contributed by atoms with Gasteiger partial charge in [0.2, 0.25) is 0 Å². The summed E-state index contributed by atoms with van der Waals surface area (Å²) in [7, 11) is 0. The number of aromatic amines is 1. The molecule has 0 bridgehead atoms. The molecule has 6 nitrogen and oxygen atoms in total. The lowest BCUT2D eigenvalue weighted by molar-refractivity contribution is -0.384. The van der Waals surface area contributed by atoms with Gasteiger partial charge in [-0.3, -0.25) is 14.9 Å². The fourth-order valence-corrected chi connectivity index (χ4v) is 4.65. The SMILES string of the molecule is CC1(C)CC(=O)c2c([nH]c(NC3CCCCC3)c2-c2ccc([N+](=O)[O-])cc2)C1. The van der Waals surface area contributed by atoms with Gasteiger partial charge in [-0.15, -0.1) is 0 Å². The number of carbonyl (C=O) groups is 1. The van der Waals surface area contributed by atoms with Crippen LogP contribution >= 0.6 is 0 Å². The summed E-state index contributed by atoms with van der Waals surface area (Å²) >= 11 is 0. The van der Waals surface area contributed by atoms with Crippen molar-refractivity contribution in [1.29, 1.82) is 0 Å². The van der Waals surface area contributed by atoms with Crippen LogP contribution in [0.1, 0.15) is 68.4 Å². The number of carbonyl (C=O) groups excluding carboxylic acids is 1. The zero-order valence-electron chi connectivity index (χ0n) is 16.5. The smallest absolute Gasteiger partial charge is 0.269 e. The Hall–Kier alpha value is -2.63. The van der Waals surface area contributed by atoms with E-state index < -0.39 is 4.92 Å². The van der Waals surface area contributed by atoms with Crippen LogP contribution < -0.4 is 5.32 Å². The van der Waals surface area contributed by atoms with E-state index in [1.165, 1.54) is 31.4 Å². The van der Waals surface area contributed by atoms with Gasteiger partial charge in [0.15, 0.2) is 5.78 Å². The molecule has 148 valence electrons. The molecule has 0 radical (unpaired) electrons. The van der Waals surface area contributed by atoms with Gasteiger partial charge in [-0.2, -0.15) is 0 Å². The highest BCUT2D eigenvalue weighted by Gasteiger charge is 2.36. The van der Waals surface area contributed by atoms with Crippen LogP contribution in [0.25, 0.3) is 11.1 Å². The van der Waals surface area contributed by atoms with Crippen LogP contribution in [0.2, 0.25) is 0 Å². The van der Waals surface area contributed by atoms with Crippen molar-refractivity contribution >= 4 is 17.3 Å². The molecule has 2 aliphatic rings. The van der Waals surface area contributed by atoms with E-state index in [0.29, 0.717) is 12.5 Å². The number of hydrogen-bond donors (Lipinski definition) is 2. The maximum absolute atomic E-state index is 13.0. The zero-order chi connectivity index (χ0) is 19.9. The lowest BCUT2D eigenvalue weighted by Crippen LogP contribution is -2.26. The van der Waals surface area contributed by atoms with Crippen LogP contribution in [0, 0.1) is 15.5 Å². The molecule has 0 spiro atoms. The number of aromatic nitrogens is 1. The number of benzene rings is 1. The molecule has 0 amide bonds. The van der Waals surface area contributed by atoms with E-state index in [-0.39, 0.29) is 16.9 Å². The van der Waals surface area contributed by atoms with Gasteiger partial charge in [-0.05, 0) is 42.4 Å². The van der Waals surface area contributed by atoms with Crippen LogP contribution in [0.3, 0.4) is 0 Å². The summed E-state index contributed by atoms with van der Waals surface area (Å²) in [5.74, 6) is 1.03. The first-order valence-electron chi connectivity index (χ1n) is 10.1. The largest absolute Gasteiger partial charge is 0.368 e. The number of anilines is 1. The van der Waals surface area contributed by atoms with Gasteiger partial charge in [0.25, 0.3) is 5.69 Å². The Kier molecular flexibility index (Phi) is 4.73. The van der Waals surface area contributed by atoms with Crippen molar-refractivity contribution in [3.63, 3.8) is 0 Å². The summed E-state index contributed by atoms with van der Waals surface area (Å²) < 4.78 is 0. The van der Waals surface area contributed by atoms with Crippen molar-refractivity contribution < 1.29 is 9.72 Å². The van der Waals surface area contributed by atoms with Crippen molar-refractivity contribution in [2.24, 2.45) is 5.41 Å². The number of rotatable bonds is 4. The first-order valence-corrected chi connectivity index (χ1v) is 10.1. The number of nitrogens with one attached hydrogen (secondary N) is 2. The van der Waals surface area contributed by atoms with E-state index in [1.807, 2.05) is 0 Å². The van der Waals surface area contributed by atoms with Gasteiger partial charge in [0, 0.05) is 41.4 Å². The summed E-state index contributed by atoms with van der Waals surface area (Å²) in [6, 6.07) is 6.92. The minimum absolute atomic E-state index is 0.0578. The maximum atomic E-state index is 13.0. The Balaban J connectivity index is 1.78. The van der Waals surface area contributed by atoms with E-state index >= 15 is 0 Å². The van der Waals surface area contributed by atoms with E-state index in [2.05, 4.69) is 24.1 Å². The number of nitro groups is 1. The predicted molar refractivity (Wildman–Crippen MR) is 110 cm³/mol. The lowest BCUT2D eigenvalue weighted by Gasteiger charge is -2.28. The molecule has 1 heterocycles. The summed E-state index contributed by atoms with van der Waals surface area (Å²) in [6.45, 7) is 4.24. The van der Waals surface area contributed by atoms with Crippen LogP contribution in [-0.2, 0) is 6.42 Å². The number of nitrogens with zero attached hydrogens (tertiary/aromatic N) is 1. The predicted octanol–water partition coefficient (Wildman–Crippen LogP) is 5.49. The molecule has 1 aromatic heterocycles. The molecule has 0 atom stereocenters. The molecule has 0 aliphatic heterocycles. The minimum atomic E-state index is -0.398. The first kappa shape index (κ1) is 18.7. The lowest BCUT2D eigenvalue weighted by atomic mass is 9.75. The topological polar surface area (TPSA) is 88.0 Å². The molecule has 0 saturated heterocycles. The quantitative estimate of drug-likeness (QED) is 0.541. The summed E-state index contributed by atoms with van der Waals surface area (Å²) in [5.41, 5.74) is 3.44. The average Bonchev–Trinajstić information content (AvgIpc) is 2.99. The summed E-state index contributed by atoms with van der Waals surface area (Å²) in [6.07, 6.45) is 7.31. The number of ketones is 1. The van der Waals surface area contributed by atoms with Crippen molar-refractivity contribution in [3.05, 3.63) is 45.6 Å². The molecule has 6 heteroatoms. The standard InChI is InChI=1S/C22H27N3O3/c1-22(2)12-17-20(18(26)13-22)19(14-8-10-16(11-9-14)25(27)28)21(24-17)23-15-6-4-3-5-7-15/h8-11,15,23-24H,3-7,12-13H2,1-2H3. The number of fused-ring (bicyclic) bond motifs is 1. The van der Waals surface area contributed by atoms with Gasteiger partial charge < -0.3 is 10.3 Å². The second-order valence-electron chi connectivity index (χ2n) is 8.95.